The first-order chi connectivity index (χ1) is 9.65. The van der Waals surface area contributed by atoms with Gasteiger partial charge in [-0.15, -0.1) is 0 Å². The second kappa shape index (κ2) is 6.38. The second-order valence-corrected chi connectivity index (χ2v) is 4.93. The van der Waals surface area contributed by atoms with E-state index in [0.29, 0.717) is 17.7 Å². The van der Waals surface area contributed by atoms with Crippen LogP contribution >= 0.6 is 0 Å². The van der Waals surface area contributed by atoms with Gasteiger partial charge in [0.1, 0.15) is 5.75 Å². The average molecular weight is 268 g/mol. The van der Waals surface area contributed by atoms with Gasteiger partial charge in [-0.05, 0) is 36.1 Å². The van der Waals surface area contributed by atoms with Crippen molar-refractivity contribution >= 4 is 5.78 Å². The molecule has 2 aromatic rings. The predicted octanol–water partition coefficient (Wildman–Crippen LogP) is 3.99. The molecule has 0 heterocycles. The number of Topliss-reactive ketones (excluding diaryl/α,β-unsaturated/α-hetero) is 1. The first-order valence-electron chi connectivity index (χ1n) is 6.90. The van der Waals surface area contributed by atoms with Gasteiger partial charge in [0.05, 0.1) is 12.7 Å². The Morgan fingerprint density at radius 1 is 1.10 bits per heavy atom. The van der Waals surface area contributed by atoms with Gasteiger partial charge >= 0.3 is 0 Å². The Morgan fingerprint density at radius 3 is 2.50 bits per heavy atom. The van der Waals surface area contributed by atoms with Crippen molar-refractivity contribution in [2.24, 2.45) is 0 Å². The van der Waals surface area contributed by atoms with Crippen LogP contribution in [-0.4, -0.2) is 12.9 Å². The number of ketones is 1. The van der Waals surface area contributed by atoms with Gasteiger partial charge in [0.2, 0.25) is 0 Å². The van der Waals surface area contributed by atoms with E-state index < -0.39 is 0 Å². The molecule has 104 valence electrons. The molecular weight excluding hydrogens is 248 g/mol. The van der Waals surface area contributed by atoms with Gasteiger partial charge in [0.25, 0.3) is 0 Å². The summed E-state index contributed by atoms with van der Waals surface area (Å²) in [4.78, 5) is 12.5. The number of benzene rings is 2. The van der Waals surface area contributed by atoms with Crippen LogP contribution in [-0.2, 0) is 12.8 Å². The fraction of sp³-hybridized carbons (Fsp3) is 0.278. The molecule has 0 unspecified atom stereocenters. The Kier molecular flexibility index (Phi) is 4.57. The molecule has 0 aromatic heterocycles. The topological polar surface area (TPSA) is 26.3 Å². The number of rotatable bonds is 5. The fourth-order valence-corrected chi connectivity index (χ4v) is 2.40. The summed E-state index contributed by atoms with van der Waals surface area (Å²) >= 11 is 0. The van der Waals surface area contributed by atoms with Crippen LogP contribution in [0.25, 0.3) is 0 Å². The second-order valence-electron chi connectivity index (χ2n) is 4.93. The molecule has 0 amide bonds. The summed E-state index contributed by atoms with van der Waals surface area (Å²) in [5, 5.41) is 0. The molecule has 0 atom stereocenters. The highest BCUT2D eigenvalue weighted by atomic mass is 16.5. The van der Waals surface area contributed by atoms with Gasteiger partial charge in [0.15, 0.2) is 5.78 Å². The fourth-order valence-electron chi connectivity index (χ4n) is 2.40. The molecule has 0 fully saturated rings. The molecule has 0 aliphatic carbocycles. The van der Waals surface area contributed by atoms with Gasteiger partial charge in [0, 0.05) is 6.42 Å². The van der Waals surface area contributed by atoms with E-state index in [1.807, 2.05) is 37.3 Å². The van der Waals surface area contributed by atoms with Crippen LogP contribution in [0.5, 0.6) is 5.75 Å². The van der Waals surface area contributed by atoms with Crippen LogP contribution in [0.2, 0.25) is 0 Å². The number of aryl methyl sites for hydroxylation is 2. The molecule has 0 saturated carbocycles. The number of ether oxygens (including phenoxy) is 1. The first kappa shape index (κ1) is 14.3. The average Bonchev–Trinajstić information content (AvgIpc) is 2.46. The number of hydrogen-bond acceptors (Lipinski definition) is 2. The predicted molar refractivity (Wildman–Crippen MR) is 81.6 cm³/mol. The lowest BCUT2D eigenvalue weighted by molar-refractivity contribution is 0.0989. The highest BCUT2D eigenvalue weighted by Gasteiger charge is 2.15. The van der Waals surface area contributed by atoms with Crippen molar-refractivity contribution in [2.75, 3.05) is 7.11 Å². The van der Waals surface area contributed by atoms with E-state index in [1.54, 1.807) is 7.11 Å². The van der Waals surface area contributed by atoms with E-state index in [0.717, 1.165) is 17.5 Å². The molecule has 0 N–H and O–H groups in total. The molecular formula is C18H20O2. The number of carbonyl (C=O) groups excluding carboxylic acids is 1. The lowest BCUT2D eigenvalue weighted by atomic mass is 9.97. The van der Waals surface area contributed by atoms with Crippen molar-refractivity contribution in [2.45, 2.75) is 26.7 Å². The molecule has 0 saturated heterocycles. The number of hydrogen-bond donors (Lipinski definition) is 0. The summed E-state index contributed by atoms with van der Waals surface area (Å²) in [5.41, 5.74) is 3.96. The van der Waals surface area contributed by atoms with Crippen LogP contribution in [0.4, 0.5) is 0 Å². The minimum absolute atomic E-state index is 0.105. The van der Waals surface area contributed by atoms with Crippen molar-refractivity contribution in [1.29, 1.82) is 0 Å². The summed E-state index contributed by atoms with van der Waals surface area (Å²) in [6.45, 7) is 4.06. The van der Waals surface area contributed by atoms with Crippen molar-refractivity contribution in [1.82, 2.24) is 0 Å². The van der Waals surface area contributed by atoms with Crippen LogP contribution in [0, 0.1) is 6.92 Å². The number of methoxy groups -OCH3 is 1. The van der Waals surface area contributed by atoms with E-state index in [9.17, 15) is 4.79 Å². The molecule has 2 heteroatoms. The van der Waals surface area contributed by atoms with E-state index in [2.05, 4.69) is 19.1 Å². The molecule has 0 bridgehead atoms. The minimum atomic E-state index is 0.105. The summed E-state index contributed by atoms with van der Waals surface area (Å²) in [5.74, 6) is 0.759. The normalized spacial score (nSPS) is 10.3. The molecule has 0 aliphatic heterocycles. The SMILES string of the molecule is CCc1cccc(CC(=O)c2c(C)cccc2OC)c1. The summed E-state index contributed by atoms with van der Waals surface area (Å²) < 4.78 is 5.31. The summed E-state index contributed by atoms with van der Waals surface area (Å²) in [7, 11) is 1.60. The van der Waals surface area contributed by atoms with Crippen molar-refractivity contribution in [3.63, 3.8) is 0 Å². The van der Waals surface area contributed by atoms with Gasteiger partial charge in [-0.2, -0.15) is 0 Å². The third-order valence-corrected chi connectivity index (χ3v) is 3.50. The van der Waals surface area contributed by atoms with Crippen molar-refractivity contribution in [3.8, 4) is 5.75 Å². The largest absolute Gasteiger partial charge is 0.496 e. The van der Waals surface area contributed by atoms with Crippen LogP contribution in [0.3, 0.4) is 0 Å². The zero-order chi connectivity index (χ0) is 14.5. The molecule has 2 aromatic carbocycles. The highest BCUT2D eigenvalue weighted by molar-refractivity contribution is 6.01. The van der Waals surface area contributed by atoms with Gasteiger partial charge < -0.3 is 4.74 Å². The first-order valence-corrected chi connectivity index (χ1v) is 6.90. The maximum Gasteiger partial charge on any atom is 0.171 e. The van der Waals surface area contributed by atoms with Crippen LogP contribution in [0.15, 0.2) is 42.5 Å². The Hall–Kier alpha value is -2.09. The Morgan fingerprint density at radius 2 is 1.80 bits per heavy atom. The molecule has 20 heavy (non-hydrogen) atoms. The Bertz CT molecular complexity index is 615. The van der Waals surface area contributed by atoms with E-state index in [1.165, 1.54) is 5.56 Å². The molecule has 0 spiro atoms. The standard InChI is InChI=1S/C18H20O2/c1-4-14-8-6-9-15(11-14)12-16(19)18-13(2)7-5-10-17(18)20-3/h5-11H,4,12H2,1-3H3. The van der Waals surface area contributed by atoms with E-state index in [-0.39, 0.29) is 5.78 Å². The maximum absolute atomic E-state index is 12.5. The maximum atomic E-state index is 12.5. The lowest BCUT2D eigenvalue weighted by Gasteiger charge is -2.11. The van der Waals surface area contributed by atoms with Crippen LogP contribution in [0.1, 0.15) is 34.0 Å². The van der Waals surface area contributed by atoms with Gasteiger partial charge in [-0.1, -0.05) is 43.3 Å². The lowest BCUT2D eigenvalue weighted by Crippen LogP contribution is -2.08. The van der Waals surface area contributed by atoms with Crippen LogP contribution < -0.4 is 4.74 Å². The molecule has 2 rings (SSSR count). The van der Waals surface area contributed by atoms with E-state index >= 15 is 0 Å². The van der Waals surface area contributed by atoms with Crippen molar-refractivity contribution in [3.05, 3.63) is 64.7 Å². The third-order valence-electron chi connectivity index (χ3n) is 3.50. The zero-order valence-electron chi connectivity index (χ0n) is 12.3. The van der Waals surface area contributed by atoms with Gasteiger partial charge in [-0.25, -0.2) is 0 Å². The van der Waals surface area contributed by atoms with E-state index in [4.69, 9.17) is 4.74 Å². The zero-order valence-corrected chi connectivity index (χ0v) is 12.3. The Labute approximate surface area is 120 Å². The highest BCUT2D eigenvalue weighted by Crippen LogP contribution is 2.23. The number of carbonyl (C=O) groups is 1. The monoisotopic (exact) mass is 268 g/mol. The third kappa shape index (κ3) is 3.08. The molecule has 0 radical (unpaired) electrons. The summed E-state index contributed by atoms with van der Waals surface area (Å²) in [6.07, 6.45) is 1.39. The molecule has 0 aliphatic rings. The van der Waals surface area contributed by atoms with Gasteiger partial charge in [-0.3, -0.25) is 4.79 Å². The quantitative estimate of drug-likeness (QED) is 0.766. The smallest absolute Gasteiger partial charge is 0.171 e. The van der Waals surface area contributed by atoms with Crippen molar-refractivity contribution < 1.29 is 9.53 Å². The minimum Gasteiger partial charge on any atom is -0.496 e. The molecule has 2 nitrogen and oxygen atoms in total. The Balaban J connectivity index is 2.28. The summed E-state index contributed by atoms with van der Waals surface area (Å²) in [6, 6.07) is 13.9.